The van der Waals surface area contributed by atoms with Crippen LogP contribution in [0.5, 0.6) is 0 Å². The van der Waals surface area contributed by atoms with Gasteiger partial charge in [-0.05, 0) is 53.3 Å². The first-order valence-corrected chi connectivity index (χ1v) is 12.5. The van der Waals surface area contributed by atoms with Gasteiger partial charge in [0.2, 0.25) is 5.91 Å². The van der Waals surface area contributed by atoms with Crippen LogP contribution < -0.4 is 21.9 Å². The third-order valence-electron chi connectivity index (χ3n) is 7.43. The number of hydrazine groups is 1. The highest BCUT2D eigenvalue weighted by atomic mass is 16.5. The van der Waals surface area contributed by atoms with Gasteiger partial charge in [-0.2, -0.15) is 0 Å². The predicted molar refractivity (Wildman–Crippen MR) is 141 cm³/mol. The maximum absolute atomic E-state index is 13.6. The molecular formula is C29H30N4O4. The smallest absolute Gasteiger partial charge is 0.408 e. The number of amides is 3. The number of nitrogens with two attached hydrogens (primary N) is 2. The van der Waals surface area contributed by atoms with Crippen molar-refractivity contribution in [3.8, 4) is 11.1 Å². The number of carbonyl (C=O) groups excluding carboxylic acids is 3. The van der Waals surface area contributed by atoms with Crippen LogP contribution in [-0.4, -0.2) is 30.1 Å². The van der Waals surface area contributed by atoms with E-state index in [4.69, 9.17) is 16.3 Å². The maximum atomic E-state index is 13.6. The van der Waals surface area contributed by atoms with E-state index in [9.17, 15) is 14.4 Å². The summed E-state index contributed by atoms with van der Waals surface area (Å²) >= 11 is 0. The molecule has 1 saturated carbocycles. The Labute approximate surface area is 215 Å². The van der Waals surface area contributed by atoms with Crippen molar-refractivity contribution in [3.63, 3.8) is 0 Å². The summed E-state index contributed by atoms with van der Waals surface area (Å²) in [4.78, 5) is 38.3. The highest BCUT2D eigenvalue weighted by molar-refractivity contribution is 6.02. The normalized spacial score (nSPS) is 15.8. The van der Waals surface area contributed by atoms with Gasteiger partial charge in [0, 0.05) is 11.5 Å². The molecule has 8 nitrogen and oxygen atoms in total. The van der Waals surface area contributed by atoms with Crippen molar-refractivity contribution in [2.24, 2.45) is 11.6 Å². The number of alkyl carbamates (subject to hydrolysis) is 1. The average molecular weight is 499 g/mol. The molecule has 190 valence electrons. The van der Waals surface area contributed by atoms with Crippen LogP contribution in [0.2, 0.25) is 0 Å². The van der Waals surface area contributed by atoms with Gasteiger partial charge in [0.25, 0.3) is 5.91 Å². The fraction of sp³-hybridized carbons (Fsp3) is 0.276. The molecule has 0 radical (unpaired) electrons. The van der Waals surface area contributed by atoms with Crippen LogP contribution in [0.3, 0.4) is 0 Å². The number of ether oxygens (including phenoxy) is 1. The van der Waals surface area contributed by atoms with Crippen LogP contribution in [0.4, 0.5) is 10.5 Å². The van der Waals surface area contributed by atoms with Gasteiger partial charge in [-0.3, -0.25) is 9.59 Å². The fourth-order valence-corrected chi connectivity index (χ4v) is 5.53. The lowest BCUT2D eigenvalue weighted by molar-refractivity contribution is -0.126. The highest BCUT2D eigenvalue weighted by Crippen LogP contribution is 2.44. The summed E-state index contributed by atoms with van der Waals surface area (Å²) in [7, 11) is 0. The van der Waals surface area contributed by atoms with E-state index >= 15 is 0 Å². The van der Waals surface area contributed by atoms with Crippen molar-refractivity contribution in [1.29, 1.82) is 0 Å². The van der Waals surface area contributed by atoms with E-state index < -0.39 is 23.4 Å². The number of nitrogens with one attached hydrogen (secondary N) is 1. The number of hydrogen-bond donors (Lipinski definition) is 3. The molecule has 2 aliphatic rings. The van der Waals surface area contributed by atoms with Crippen LogP contribution in [0.15, 0.2) is 72.8 Å². The van der Waals surface area contributed by atoms with Crippen LogP contribution in [0, 0.1) is 0 Å². The Morgan fingerprint density at radius 1 is 0.892 bits per heavy atom. The van der Waals surface area contributed by atoms with Crippen molar-refractivity contribution in [2.75, 3.05) is 11.6 Å². The number of fused-ring (bicyclic) bond motifs is 3. The van der Waals surface area contributed by atoms with Gasteiger partial charge >= 0.3 is 6.09 Å². The number of hydrogen-bond acceptors (Lipinski definition) is 5. The zero-order valence-corrected chi connectivity index (χ0v) is 20.5. The summed E-state index contributed by atoms with van der Waals surface area (Å²) in [5.74, 6) is 5.06. The van der Waals surface area contributed by atoms with E-state index in [1.807, 2.05) is 24.3 Å². The van der Waals surface area contributed by atoms with Gasteiger partial charge in [-0.1, -0.05) is 73.9 Å². The molecule has 3 aromatic carbocycles. The summed E-state index contributed by atoms with van der Waals surface area (Å²) in [6, 6.07) is 22.5. The van der Waals surface area contributed by atoms with Crippen molar-refractivity contribution in [1.82, 2.24) is 5.32 Å². The third-order valence-corrected chi connectivity index (χ3v) is 7.43. The van der Waals surface area contributed by atoms with Crippen LogP contribution in [-0.2, 0) is 9.53 Å². The van der Waals surface area contributed by atoms with E-state index in [0.29, 0.717) is 18.5 Å². The van der Waals surface area contributed by atoms with Gasteiger partial charge in [-0.25, -0.2) is 15.6 Å². The Morgan fingerprint density at radius 3 is 2.14 bits per heavy atom. The molecule has 0 spiro atoms. The minimum atomic E-state index is -1.20. The highest BCUT2D eigenvalue weighted by Gasteiger charge is 2.44. The van der Waals surface area contributed by atoms with E-state index in [-0.39, 0.29) is 18.1 Å². The molecule has 0 bridgehead atoms. The van der Waals surface area contributed by atoms with E-state index in [1.54, 1.807) is 18.2 Å². The van der Waals surface area contributed by atoms with Crippen LogP contribution in [0.25, 0.3) is 11.1 Å². The summed E-state index contributed by atoms with van der Waals surface area (Å²) in [5, 5.41) is 3.86. The number of benzene rings is 3. The molecule has 1 fully saturated rings. The van der Waals surface area contributed by atoms with Crippen molar-refractivity contribution < 1.29 is 19.1 Å². The molecule has 0 atom stereocenters. The zero-order chi connectivity index (χ0) is 26.0. The zero-order valence-electron chi connectivity index (χ0n) is 20.5. The Bertz CT molecular complexity index is 1300. The number of rotatable bonds is 6. The topological polar surface area (TPSA) is 128 Å². The first-order chi connectivity index (χ1) is 17.9. The van der Waals surface area contributed by atoms with Crippen molar-refractivity contribution in [3.05, 3.63) is 89.5 Å². The minimum Gasteiger partial charge on any atom is -0.449 e. The Hall–Kier alpha value is -4.17. The SMILES string of the molecule is NC(=O)c1cccc(N(N)C(=O)C2(NC(=O)OCC3c4ccccc4-c4ccccc43)CCCCC2)c1. The van der Waals surface area contributed by atoms with Gasteiger partial charge in [-0.15, -0.1) is 0 Å². The molecule has 2 aliphatic carbocycles. The largest absolute Gasteiger partial charge is 0.449 e. The molecule has 5 rings (SSSR count). The van der Waals surface area contributed by atoms with E-state index in [0.717, 1.165) is 46.5 Å². The number of primary amides is 1. The molecule has 0 aromatic heterocycles. The van der Waals surface area contributed by atoms with Crippen LogP contribution in [0.1, 0.15) is 59.5 Å². The van der Waals surface area contributed by atoms with Gasteiger partial charge < -0.3 is 15.8 Å². The van der Waals surface area contributed by atoms with Crippen molar-refractivity contribution >= 4 is 23.6 Å². The maximum Gasteiger partial charge on any atom is 0.408 e. The summed E-state index contributed by atoms with van der Waals surface area (Å²) in [6.45, 7) is 0.150. The standard InChI is InChI=1S/C29H30N4O4/c30-26(34)19-9-8-10-20(17-19)33(31)27(35)29(15-6-1-7-16-29)32-28(36)37-18-25-23-13-4-2-11-21(23)22-12-3-5-14-24(22)25/h2-5,8-14,17,25H,1,6-7,15-16,18,31H2,(H2,30,34)(H,32,36). The lowest BCUT2D eigenvalue weighted by Crippen LogP contribution is -2.62. The molecular weight excluding hydrogens is 468 g/mol. The Balaban J connectivity index is 1.33. The fourth-order valence-electron chi connectivity index (χ4n) is 5.53. The Morgan fingerprint density at radius 2 is 1.51 bits per heavy atom. The molecule has 0 aliphatic heterocycles. The molecule has 3 aromatic rings. The summed E-state index contributed by atoms with van der Waals surface area (Å²) in [5.41, 5.74) is 9.25. The first kappa shape index (κ1) is 24.5. The number of carbonyl (C=O) groups is 3. The predicted octanol–water partition coefficient (Wildman–Crippen LogP) is 4.23. The van der Waals surface area contributed by atoms with Gasteiger partial charge in [0.15, 0.2) is 0 Å². The third kappa shape index (κ3) is 4.68. The second kappa shape index (κ2) is 10.1. The van der Waals surface area contributed by atoms with E-state index in [1.165, 1.54) is 6.07 Å². The van der Waals surface area contributed by atoms with Gasteiger partial charge in [0.05, 0.1) is 5.69 Å². The summed E-state index contributed by atoms with van der Waals surface area (Å²) in [6.07, 6.45) is 2.73. The quantitative estimate of drug-likeness (QED) is 0.266. The number of nitrogens with zero attached hydrogens (tertiary/aromatic N) is 1. The average Bonchev–Trinajstić information content (AvgIpc) is 3.25. The number of anilines is 1. The molecule has 3 amide bonds. The lowest BCUT2D eigenvalue weighted by atomic mass is 9.80. The monoisotopic (exact) mass is 498 g/mol. The molecule has 0 saturated heterocycles. The molecule has 0 heterocycles. The van der Waals surface area contributed by atoms with Crippen molar-refractivity contribution in [2.45, 2.75) is 43.6 Å². The first-order valence-electron chi connectivity index (χ1n) is 12.5. The Kier molecular flexibility index (Phi) is 6.67. The summed E-state index contributed by atoms with van der Waals surface area (Å²) < 4.78 is 5.73. The molecule has 37 heavy (non-hydrogen) atoms. The lowest BCUT2D eigenvalue weighted by Gasteiger charge is -2.38. The molecule has 8 heteroatoms. The minimum absolute atomic E-state index is 0.0845. The van der Waals surface area contributed by atoms with E-state index in [2.05, 4.69) is 29.6 Å². The second-order valence-corrected chi connectivity index (χ2v) is 9.68. The second-order valence-electron chi connectivity index (χ2n) is 9.68. The van der Waals surface area contributed by atoms with Gasteiger partial charge in [0.1, 0.15) is 12.1 Å². The van der Waals surface area contributed by atoms with Crippen LogP contribution >= 0.6 is 0 Å². The molecule has 5 N–H and O–H groups in total. The molecule has 0 unspecified atom stereocenters.